The van der Waals surface area contributed by atoms with Crippen molar-refractivity contribution in [3.05, 3.63) is 54.9 Å². The second-order valence-corrected chi connectivity index (χ2v) is 11.5. The van der Waals surface area contributed by atoms with Gasteiger partial charge in [-0.15, -0.1) is 0 Å². The Morgan fingerprint density at radius 3 is 2.64 bits per heavy atom. The third-order valence-electron chi connectivity index (χ3n) is 7.63. The third kappa shape index (κ3) is 6.16. The Bertz CT molecular complexity index is 1390. The number of pyridine rings is 2. The molecule has 0 radical (unpaired) electrons. The first kappa shape index (κ1) is 27.3. The molecule has 206 valence electrons. The molecular formula is C30H38N6O2S. The summed E-state index contributed by atoms with van der Waals surface area (Å²) in [6.07, 6.45) is 8.57. The van der Waals surface area contributed by atoms with Gasteiger partial charge < -0.3 is 25.0 Å². The first-order valence-electron chi connectivity index (χ1n) is 13.4. The summed E-state index contributed by atoms with van der Waals surface area (Å²) < 4.78 is 7.25. The van der Waals surface area contributed by atoms with Gasteiger partial charge in [0, 0.05) is 49.2 Å². The molecule has 4 aromatic rings. The minimum atomic E-state index is -0.308. The topological polar surface area (TPSA) is 86.6 Å². The number of anilines is 2. The van der Waals surface area contributed by atoms with Crippen LogP contribution in [0.15, 0.2) is 54.9 Å². The molecule has 0 unspecified atom stereocenters. The van der Waals surface area contributed by atoms with Crippen LogP contribution in [-0.2, 0) is 0 Å². The molecular weight excluding hydrogens is 508 g/mol. The van der Waals surface area contributed by atoms with Crippen LogP contribution >= 0.6 is 11.3 Å². The molecule has 1 saturated heterocycles. The van der Waals surface area contributed by atoms with Gasteiger partial charge in [0.05, 0.1) is 28.1 Å². The van der Waals surface area contributed by atoms with Gasteiger partial charge in [-0.05, 0) is 63.7 Å². The lowest BCUT2D eigenvalue weighted by Gasteiger charge is -2.27. The van der Waals surface area contributed by atoms with Gasteiger partial charge >= 0.3 is 0 Å². The lowest BCUT2D eigenvalue weighted by Crippen LogP contribution is -2.36. The molecule has 1 saturated carbocycles. The number of benzene rings is 1. The zero-order valence-electron chi connectivity index (χ0n) is 21.9. The molecule has 2 aliphatic rings. The number of aliphatic hydroxyl groups is 1. The van der Waals surface area contributed by atoms with E-state index >= 15 is 0 Å². The summed E-state index contributed by atoms with van der Waals surface area (Å²) >= 11 is 1.59. The molecule has 2 fully saturated rings. The van der Waals surface area contributed by atoms with Crippen LogP contribution in [0, 0.1) is 0 Å². The number of nitrogens with zero attached hydrogens (tertiary/aromatic N) is 5. The quantitative estimate of drug-likeness (QED) is 0.290. The fourth-order valence-electron chi connectivity index (χ4n) is 5.33. The van der Waals surface area contributed by atoms with Gasteiger partial charge in [-0.25, -0.2) is 9.97 Å². The smallest absolute Gasteiger partial charge is 0.184 e. The number of nitrogens with one attached hydrogen (secondary N) is 1. The Hall–Kier alpha value is -3.27. The van der Waals surface area contributed by atoms with E-state index in [0.717, 1.165) is 89.1 Å². The van der Waals surface area contributed by atoms with Crippen molar-refractivity contribution in [3.8, 4) is 22.8 Å². The summed E-state index contributed by atoms with van der Waals surface area (Å²) in [6.45, 7) is 2.03. The molecule has 1 aliphatic carbocycles. The molecule has 0 bridgehead atoms. The molecule has 3 aromatic heterocycles. The number of thiazole rings is 1. The highest BCUT2D eigenvalue weighted by Crippen LogP contribution is 2.33. The van der Waals surface area contributed by atoms with Crippen molar-refractivity contribution in [3.63, 3.8) is 0 Å². The maximum atomic E-state index is 10.3. The highest BCUT2D eigenvalue weighted by atomic mass is 32.1. The second kappa shape index (κ2) is 11.9. The predicted molar refractivity (Wildman–Crippen MR) is 160 cm³/mol. The molecule has 0 spiro atoms. The van der Waals surface area contributed by atoms with Gasteiger partial charge in [0.15, 0.2) is 5.13 Å². The van der Waals surface area contributed by atoms with Crippen molar-refractivity contribution in [2.45, 2.75) is 57.7 Å². The van der Waals surface area contributed by atoms with E-state index in [1.807, 2.05) is 36.5 Å². The number of rotatable bonds is 7. The lowest BCUT2D eigenvalue weighted by molar-refractivity contribution is 0.116. The van der Waals surface area contributed by atoms with Gasteiger partial charge in [0.1, 0.15) is 17.3 Å². The van der Waals surface area contributed by atoms with Crippen molar-refractivity contribution in [2.75, 3.05) is 37.4 Å². The van der Waals surface area contributed by atoms with Crippen molar-refractivity contribution in [1.29, 1.82) is 0 Å². The Kier molecular flexibility index (Phi) is 8.30. The predicted octanol–water partition coefficient (Wildman–Crippen LogP) is 6.04. The molecule has 6 rings (SSSR count). The van der Waals surface area contributed by atoms with Crippen LogP contribution in [0.5, 0.6) is 11.5 Å². The van der Waals surface area contributed by atoms with E-state index in [0.29, 0.717) is 6.04 Å². The van der Waals surface area contributed by atoms with Crippen LogP contribution in [0.4, 0.5) is 10.9 Å². The number of aliphatic hydroxyl groups excluding tert-OH is 1. The highest BCUT2D eigenvalue weighted by molar-refractivity contribution is 7.22. The molecule has 8 nitrogen and oxygen atoms in total. The minimum Gasteiger partial charge on any atom is -0.457 e. The molecule has 0 amide bonds. The van der Waals surface area contributed by atoms with E-state index < -0.39 is 0 Å². The highest BCUT2D eigenvalue weighted by Gasteiger charge is 2.25. The molecule has 9 heteroatoms. The molecule has 2 N–H and O–H groups in total. The fourth-order valence-corrected chi connectivity index (χ4v) is 6.29. The summed E-state index contributed by atoms with van der Waals surface area (Å²) in [5, 5.41) is 14.6. The molecule has 1 aromatic carbocycles. The number of likely N-dealkylation sites (N-methyl/N-ethyl adjacent to an activating group) is 1. The Labute approximate surface area is 234 Å². The van der Waals surface area contributed by atoms with Crippen LogP contribution in [0.1, 0.15) is 39.5 Å². The first-order chi connectivity index (χ1) is 18.5. The largest absolute Gasteiger partial charge is 0.457 e. The summed E-state index contributed by atoms with van der Waals surface area (Å²) in [4.78, 5) is 18.6. The SMILES string of the molecule is C.CN(C)[C@H]1CCN(c2ccc(-c3cc(Oc4ccc5nc(N[C@@H]6CCCC[C@H]6O)sc5c4)ccn3)cn2)C1. The zero-order chi connectivity index (χ0) is 26.1. The van der Waals surface area contributed by atoms with E-state index in [-0.39, 0.29) is 19.6 Å². The molecule has 39 heavy (non-hydrogen) atoms. The van der Waals surface area contributed by atoms with Crippen molar-refractivity contribution >= 4 is 32.5 Å². The van der Waals surface area contributed by atoms with E-state index in [9.17, 15) is 5.11 Å². The average Bonchev–Trinajstić information content (AvgIpc) is 3.58. The zero-order valence-corrected chi connectivity index (χ0v) is 22.7. The second-order valence-electron chi connectivity index (χ2n) is 10.5. The number of ether oxygens (including phenoxy) is 1. The fraction of sp³-hybridized carbons (Fsp3) is 0.433. The van der Waals surface area contributed by atoms with E-state index in [1.165, 1.54) is 0 Å². The van der Waals surface area contributed by atoms with Crippen LogP contribution in [0.2, 0.25) is 0 Å². The van der Waals surface area contributed by atoms with Crippen LogP contribution in [0.3, 0.4) is 0 Å². The lowest BCUT2D eigenvalue weighted by atomic mass is 9.93. The van der Waals surface area contributed by atoms with Crippen LogP contribution in [-0.4, -0.2) is 70.3 Å². The average molecular weight is 547 g/mol. The summed E-state index contributed by atoms with van der Waals surface area (Å²) in [6, 6.07) is 14.6. The van der Waals surface area contributed by atoms with Crippen molar-refractivity contribution in [2.24, 2.45) is 0 Å². The maximum absolute atomic E-state index is 10.3. The Morgan fingerprint density at radius 2 is 1.87 bits per heavy atom. The number of aromatic nitrogens is 3. The molecule has 1 aliphatic heterocycles. The molecule has 4 heterocycles. The van der Waals surface area contributed by atoms with E-state index in [2.05, 4.69) is 46.3 Å². The number of hydrogen-bond acceptors (Lipinski definition) is 9. The van der Waals surface area contributed by atoms with Gasteiger partial charge in [-0.3, -0.25) is 4.98 Å². The summed E-state index contributed by atoms with van der Waals surface area (Å²) in [7, 11) is 4.28. The number of hydrogen-bond donors (Lipinski definition) is 2. The standard InChI is InChI=1S/C29H34N6O2S.CH4/c1-34(2)20-12-14-35(18-20)28-10-7-19(17-31-28)25-15-22(11-13-30-25)37-21-8-9-24-27(16-21)38-29(33-24)32-23-5-3-4-6-26(23)36;/h7-11,13,15-17,20,23,26,36H,3-6,12,14,18H2,1-2H3,(H,32,33);1H4/t20-,23+,26+;/m0./s1. The van der Waals surface area contributed by atoms with Crippen molar-refractivity contribution < 1.29 is 9.84 Å². The molecule has 3 atom stereocenters. The number of fused-ring (bicyclic) bond motifs is 1. The third-order valence-corrected chi connectivity index (χ3v) is 8.58. The maximum Gasteiger partial charge on any atom is 0.184 e. The summed E-state index contributed by atoms with van der Waals surface area (Å²) in [5.41, 5.74) is 2.71. The van der Waals surface area contributed by atoms with Gasteiger partial charge in [-0.2, -0.15) is 0 Å². The first-order valence-corrected chi connectivity index (χ1v) is 14.2. The summed E-state index contributed by atoms with van der Waals surface area (Å²) in [5.74, 6) is 2.48. The van der Waals surface area contributed by atoms with E-state index in [4.69, 9.17) is 14.7 Å². The minimum absolute atomic E-state index is 0. The normalized spacial score (nSPS) is 21.2. The van der Waals surface area contributed by atoms with Gasteiger partial charge in [0.25, 0.3) is 0 Å². The van der Waals surface area contributed by atoms with Crippen LogP contribution in [0.25, 0.3) is 21.5 Å². The van der Waals surface area contributed by atoms with E-state index in [1.54, 1.807) is 17.5 Å². The van der Waals surface area contributed by atoms with Crippen molar-refractivity contribution in [1.82, 2.24) is 19.9 Å². The Balaban J connectivity index is 0.00000308. The van der Waals surface area contributed by atoms with Gasteiger partial charge in [-0.1, -0.05) is 31.6 Å². The van der Waals surface area contributed by atoms with Crippen LogP contribution < -0.4 is 15.0 Å². The monoisotopic (exact) mass is 546 g/mol. The van der Waals surface area contributed by atoms with Gasteiger partial charge in [0.2, 0.25) is 0 Å². The Morgan fingerprint density at radius 1 is 1.03 bits per heavy atom.